The van der Waals surface area contributed by atoms with Crippen molar-refractivity contribution in [1.82, 2.24) is 10.3 Å². The first-order chi connectivity index (χ1) is 12.6. The molecular formula is C18H22N4O3S. The van der Waals surface area contributed by atoms with Crippen LogP contribution in [0.15, 0.2) is 53.6 Å². The van der Waals surface area contributed by atoms with Crippen LogP contribution in [0, 0.1) is 0 Å². The Morgan fingerprint density at radius 2 is 1.85 bits per heavy atom. The number of sulfone groups is 1. The van der Waals surface area contributed by atoms with Crippen molar-refractivity contribution in [2.24, 2.45) is 0 Å². The Balaban J connectivity index is 1.64. The second kappa shape index (κ2) is 8.29. The molecule has 26 heavy (non-hydrogen) atoms. The highest BCUT2D eigenvalue weighted by atomic mass is 32.2. The molecule has 0 aliphatic carbocycles. The standard InChI is InChI=1S/C18H22N4O3S/c23-17(8-14-26(24,25)15-5-2-1-3-6-15)21-16-7-4-9-20-18(16)22-12-10-19-11-13-22/h1-7,9,19H,8,10-14H2,(H,21,23). The molecule has 2 heterocycles. The molecular weight excluding hydrogens is 352 g/mol. The van der Waals surface area contributed by atoms with E-state index < -0.39 is 9.84 Å². The number of anilines is 2. The monoisotopic (exact) mass is 374 g/mol. The molecule has 0 radical (unpaired) electrons. The summed E-state index contributed by atoms with van der Waals surface area (Å²) in [5, 5.41) is 6.08. The largest absolute Gasteiger partial charge is 0.352 e. The summed E-state index contributed by atoms with van der Waals surface area (Å²) in [4.78, 5) is 19.0. The third-order valence-electron chi connectivity index (χ3n) is 4.18. The van der Waals surface area contributed by atoms with Gasteiger partial charge in [0.25, 0.3) is 0 Å². The van der Waals surface area contributed by atoms with Crippen molar-refractivity contribution >= 4 is 27.2 Å². The fraction of sp³-hybridized carbons (Fsp3) is 0.333. The molecule has 7 nitrogen and oxygen atoms in total. The van der Waals surface area contributed by atoms with Crippen molar-refractivity contribution in [1.29, 1.82) is 0 Å². The van der Waals surface area contributed by atoms with E-state index in [1.807, 2.05) is 0 Å². The van der Waals surface area contributed by atoms with E-state index in [-0.39, 0.29) is 23.0 Å². The van der Waals surface area contributed by atoms with Crippen LogP contribution >= 0.6 is 0 Å². The first-order valence-corrected chi connectivity index (χ1v) is 10.2. The van der Waals surface area contributed by atoms with Gasteiger partial charge in [-0.15, -0.1) is 0 Å². The molecule has 1 aliphatic rings. The van der Waals surface area contributed by atoms with Crippen molar-refractivity contribution < 1.29 is 13.2 Å². The van der Waals surface area contributed by atoms with E-state index in [0.29, 0.717) is 11.5 Å². The maximum absolute atomic E-state index is 12.3. The van der Waals surface area contributed by atoms with Gasteiger partial charge in [0.2, 0.25) is 5.91 Å². The first kappa shape index (κ1) is 18.3. The van der Waals surface area contributed by atoms with Gasteiger partial charge in [-0.2, -0.15) is 0 Å². The van der Waals surface area contributed by atoms with Gasteiger partial charge in [0.1, 0.15) is 0 Å². The molecule has 1 aromatic carbocycles. The molecule has 8 heteroatoms. The zero-order valence-electron chi connectivity index (χ0n) is 14.4. The summed E-state index contributed by atoms with van der Waals surface area (Å²) in [5.41, 5.74) is 0.608. The Bertz CT molecular complexity index is 850. The molecule has 2 N–H and O–H groups in total. The molecule has 1 aliphatic heterocycles. The van der Waals surface area contributed by atoms with Crippen LogP contribution < -0.4 is 15.5 Å². The molecule has 3 rings (SSSR count). The van der Waals surface area contributed by atoms with Crippen LogP contribution in [0.5, 0.6) is 0 Å². The van der Waals surface area contributed by atoms with Gasteiger partial charge in [-0.1, -0.05) is 18.2 Å². The summed E-state index contributed by atoms with van der Waals surface area (Å²) in [6, 6.07) is 11.7. The first-order valence-electron chi connectivity index (χ1n) is 8.54. The van der Waals surface area contributed by atoms with Crippen LogP contribution in [0.1, 0.15) is 6.42 Å². The van der Waals surface area contributed by atoms with Crippen LogP contribution in [0.25, 0.3) is 0 Å². The summed E-state index contributed by atoms with van der Waals surface area (Å²) < 4.78 is 24.6. The van der Waals surface area contributed by atoms with Crippen molar-refractivity contribution in [3.63, 3.8) is 0 Å². The van der Waals surface area contributed by atoms with Crippen molar-refractivity contribution in [3.8, 4) is 0 Å². The number of hydrogen-bond acceptors (Lipinski definition) is 6. The highest BCUT2D eigenvalue weighted by Gasteiger charge is 2.19. The number of amides is 1. The van der Waals surface area contributed by atoms with Gasteiger partial charge in [0.15, 0.2) is 15.7 Å². The lowest BCUT2D eigenvalue weighted by molar-refractivity contribution is -0.115. The highest BCUT2D eigenvalue weighted by molar-refractivity contribution is 7.91. The summed E-state index contributed by atoms with van der Waals surface area (Å²) in [6.07, 6.45) is 1.58. The van der Waals surface area contributed by atoms with E-state index in [1.54, 1.807) is 36.5 Å². The van der Waals surface area contributed by atoms with Crippen LogP contribution in [0.2, 0.25) is 0 Å². The third-order valence-corrected chi connectivity index (χ3v) is 5.91. The molecule has 2 aromatic rings. The number of benzene rings is 1. The van der Waals surface area contributed by atoms with Gasteiger partial charge in [-0.05, 0) is 24.3 Å². The van der Waals surface area contributed by atoms with E-state index in [4.69, 9.17) is 0 Å². The summed E-state index contributed by atoms with van der Waals surface area (Å²) in [7, 11) is -3.47. The average Bonchev–Trinajstić information content (AvgIpc) is 2.68. The summed E-state index contributed by atoms with van der Waals surface area (Å²) >= 11 is 0. The number of nitrogens with zero attached hydrogens (tertiary/aromatic N) is 2. The molecule has 1 amide bonds. The normalized spacial score (nSPS) is 14.8. The van der Waals surface area contributed by atoms with Crippen LogP contribution in [-0.2, 0) is 14.6 Å². The number of rotatable bonds is 6. The van der Waals surface area contributed by atoms with E-state index in [9.17, 15) is 13.2 Å². The van der Waals surface area contributed by atoms with E-state index in [2.05, 4.69) is 20.5 Å². The Morgan fingerprint density at radius 3 is 2.58 bits per heavy atom. The number of piperazine rings is 1. The van der Waals surface area contributed by atoms with Crippen molar-refractivity contribution in [3.05, 3.63) is 48.7 Å². The van der Waals surface area contributed by atoms with Gasteiger partial charge < -0.3 is 15.5 Å². The fourth-order valence-corrected chi connectivity index (χ4v) is 4.07. The second-order valence-electron chi connectivity index (χ2n) is 6.04. The van der Waals surface area contributed by atoms with Crippen LogP contribution in [0.4, 0.5) is 11.5 Å². The zero-order chi connectivity index (χ0) is 18.4. The molecule has 1 fully saturated rings. The lowest BCUT2D eigenvalue weighted by Crippen LogP contribution is -2.44. The third kappa shape index (κ3) is 4.59. The number of nitrogens with one attached hydrogen (secondary N) is 2. The lowest BCUT2D eigenvalue weighted by Gasteiger charge is -2.29. The van der Waals surface area contributed by atoms with Gasteiger partial charge in [-0.25, -0.2) is 13.4 Å². The Labute approximate surface area is 153 Å². The molecule has 0 spiro atoms. The number of carbonyl (C=O) groups is 1. The number of carbonyl (C=O) groups excluding carboxylic acids is 1. The van der Waals surface area contributed by atoms with Gasteiger partial charge >= 0.3 is 0 Å². The molecule has 0 saturated carbocycles. The van der Waals surface area contributed by atoms with E-state index >= 15 is 0 Å². The average molecular weight is 374 g/mol. The highest BCUT2D eigenvalue weighted by Crippen LogP contribution is 2.23. The Hall–Kier alpha value is -2.45. The fourth-order valence-electron chi connectivity index (χ4n) is 2.81. The second-order valence-corrected chi connectivity index (χ2v) is 8.15. The number of hydrogen-bond donors (Lipinski definition) is 2. The molecule has 1 saturated heterocycles. The van der Waals surface area contributed by atoms with E-state index in [0.717, 1.165) is 26.2 Å². The van der Waals surface area contributed by atoms with Gasteiger partial charge in [-0.3, -0.25) is 4.79 Å². The molecule has 0 atom stereocenters. The molecule has 138 valence electrons. The summed E-state index contributed by atoms with van der Waals surface area (Å²) in [6.45, 7) is 3.34. The van der Waals surface area contributed by atoms with Crippen LogP contribution in [0.3, 0.4) is 0 Å². The topological polar surface area (TPSA) is 91.4 Å². The predicted octanol–water partition coefficient (Wildman–Crippen LogP) is 1.29. The van der Waals surface area contributed by atoms with Crippen molar-refractivity contribution in [2.45, 2.75) is 11.3 Å². The van der Waals surface area contributed by atoms with Crippen LogP contribution in [-0.4, -0.2) is 51.2 Å². The number of pyridine rings is 1. The number of aromatic nitrogens is 1. The minimum Gasteiger partial charge on any atom is -0.352 e. The Morgan fingerprint density at radius 1 is 1.12 bits per heavy atom. The molecule has 0 bridgehead atoms. The summed E-state index contributed by atoms with van der Waals surface area (Å²) in [5.74, 6) is 0.147. The quantitative estimate of drug-likeness (QED) is 0.792. The van der Waals surface area contributed by atoms with Gasteiger partial charge in [0.05, 0.1) is 16.3 Å². The maximum Gasteiger partial charge on any atom is 0.225 e. The smallest absolute Gasteiger partial charge is 0.225 e. The molecule has 1 aromatic heterocycles. The predicted molar refractivity (Wildman–Crippen MR) is 101 cm³/mol. The zero-order valence-corrected chi connectivity index (χ0v) is 15.2. The van der Waals surface area contributed by atoms with Crippen molar-refractivity contribution in [2.75, 3.05) is 42.1 Å². The minimum absolute atomic E-state index is 0.104. The maximum atomic E-state index is 12.3. The molecule has 0 unspecified atom stereocenters. The lowest BCUT2D eigenvalue weighted by atomic mass is 10.3. The van der Waals surface area contributed by atoms with E-state index in [1.165, 1.54) is 12.1 Å². The SMILES string of the molecule is O=C(CCS(=O)(=O)c1ccccc1)Nc1cccnc1N1CCNCC1. The van der Waals surface area contributed by atoms with Gasteiger partial charge in [0, 0.05) is 38.8 Å². The minimum atomic E-state index is -3.47. The Kier molecular flexibility index (Phi) is 5.85.